The molecule has 5 heteroatoms. The number of hydrogen-bond acceptors (Lipinski definition) is 3. The number of halogens is 1. The van der Waals surface area contributed by atoms with E-state index in [1.165, 1.54) is 63.1 Å². The molecule has 3 atom stereocenters. The van der Waals surface area contributed by atoms with Gasteiger partial charge in [0.15, 0.2) is 0 Å². The van der Waals surface area contributed by atoms with Crippen LogP contribution in [0.1, 0.15) is 88.8 Å². The van der Waals surface area contributed by atoms with Crippen molar-refractivity contribution in [3.63, 3.8) is 0 Å². The van der Waals surface area contributed by atoms with Crippen molar-refractivity contribution in [2.45, 2.75) is 91.0 Å². The third-order valence-electron chi connectivity index (χ3n) is 8.83. The Labute approximate surface area is 230 Å². The van der Waals surface area contributed by atoms with Crippen LogP contribution >= 0.6 is 15.9 Å². The van der Waals surface area contributed by atoms with E-state index in [1.54, 1.807) is 9.14 Å². The second kappa shape index (κ2) is 11.7. The van der Waals surface area contributed by atoms with E-state index < -0.39 is 18.4 Å². The van der Waals surface area contributed by atoms with Crippen molar-refractivity contribution in [3.05, 3.63) is 58.1 Å². The first-order valence-electron chi connectivity index (χ1n) is 14.3. The molecule has 0 saturated carbocycles. The van der Waals surface area contributed by atoms with Crippen molar-refractivity contribution in [1.82, 2.24) is 0 Å². The summed E-state index contributed by atoms with van der Waals surface area (Å²) in [5, 5.41) is 3.98. The zero-order valence-corrected chi connectivity index (χ0v) is 26.7. The Bertz CT molecular complexity index is 1080. The van der Waals surface area contributed by atoms with E-state index >= 15 is 0 Å². The molecule has 0 amide bonds. The van der Waals surface area contributed by atoms with E-state index in [-0.39, 0.29) is 6.04 Å². The summed E-state index contributed by atoms with van der Waals surface area (Å²) in [6.45, 7) is 7.42. The second-order valence-electron chi connectivity index (χ2n) is 11.1. The Morgan fingerprint density at radius 3 is 2.22 bits per heavy atom. The molecule has 2 aromatic rings. The standard InChI is InChI=1S/C19H15BrNO2.3C4H9.Sn/c20-15-9-18-17(22-10-23-18)8-14(15)19-13-6-3-5-11(13)12-4-1-2-7-16(12)21-19;3*1-3-4-2;/h2-5,7-9,11,13,19,21H,6,10H2;3*1,3-4H2,2H3;/t11-,13-,19+;;;;/m0..../s1. The van der Waals surface area contributed by atoms with Gasteiger partial charge in [0, 0.05) is 0 Å². The van der Waals surface area contributed by atoms with Gasteiger partial charge in [-0.25, -0.2) is 0 Å². The van der Waals surface area contributed by atoms with Gasteiger partial charge in [-0.2, -0.15) is 0 Å². The zero-order valence-electron chi connectivity index (χ0n) is 22.2. The van der Waals surface area contributed by atoms with Crippen molar-refractivity contribution in [2.24, 2.45) is 5.92 Å². The number of benzene rings is 2. The van der Waals surface area contributed by atoms with Crippen LogP contribution < -0.4 is 18.4 Å². The minimum atomic E-state index is -2.47. The average molecular weight is 659 g/mol. The van der Waals surface area contributed by atoms with Crippen LogP contribution in [0.3, 0.4) is 0 Å². The van der Waals surface area contributed by atoms with Gasteiger partial charge in [-0.05, 0) is 0 Å². The summed E-state index contributed by atoms with van der Waals surface area (Å²) in [7, 11) is 0. The fraction of sp³-hybridized carbons (Fsp3) is 0.548. The minimum absolute atomic E-state index is 0.251. The number of hydrogen-bond donors (Lipinski definition) is 1. The summed E-state index contributed by atoms with van der Waals surface area (Å²) in [6, 6.07) is 12.2. The van der Waals surface area contributed by atoms with Crippen LogP contribution in [0.4, 0.5) is 5.69 Å². The Kier molecular flexibility index (Phi) is 8.61. The van der Waals surface area contributed by atoms with E-state index in [0.717, 1.165) is 22.4 Å². The van der Waals surface area contributed by atoms with E-state index in [2.05, 4.69) is 84.5 Å². The summed E-state index contributed by atoms with van der Waals surface area (Å²) in [5.74, 6) is 2.70. The third kappa shape index (κ3) is 5.10. The number of ether oxygens (including phenoxy) is 2. The molecule has 3 aliphatic rings. The zero-order chi connectivity index (χ0) is 25.1. The summed E-state index contributed by atoms with van der Waals surface area (Å²) in [4.78, 5) is 0. The van der Waals surface area contributed by atoms with E-state index in [1.807, 2.05) is 0 Å². The maximum absolute atomic E-state index is 5.74. The molecule has 194 valence electrons. The van der Waals surface area contributed by atoms with Crippen molar-refractivity contribution in [1.29, 1.82) is 0 Å². The fourth-order valence-electron chi connectivity index (χ4n) is 6.76. The van der Waals surface area contributed by atoms with Crippen molar-refractivity contribution >= 4 is 43.6 Å². The van der Waals surface area contributed by atoms with Crippen LogP contribution in [0.15, 0.2) is 47.0 Å². The average Bonchev–Trinajstić information content (AvgIpc) is 3.57. The number of fused-ring (bicyclic) bond motifs is 4. The predicted octanol–water partition coefficient (Wildman–Crippen LogP) is 9.06. The molecule has 0 aromatic heterocycles. The molecule has 0 bridgehead atoms. The van der Waals surface area contributed by atoms with E-state index in [0.29, 0.717) is 18.6 Å². The van der Waals surface area contributed by atoms with Gasteiger partial charge < -0.3 is 0 Å². The monoisotopic (exact) mass is 659 g/mol. The topological polar surface area (TPSA) is 30.5 Å². The molecule has 2 aromatic carbocycles. The number of rotatable bonds is 11. The molecular formula is C31H42BrNO2Sn. The maximum atomic E-state index is 5.74. The molecule has 1 N–H and O–H groups in total. The molecule has 2 heterocycles. The SMILES string of the molecule is CCC[CH2][Sn]([CH2]CCC)([CH2]CCC)[c]1ccc2c(c1)[C@@H]1C=CC[C@@H]1[C@H](c1cc3c(cc1Br)OCO3)N2. The molecule has 0 saturated heterocycles. The Morgan fingerprint density at radius 2 is 1.56 bits per heavy atom. The molecule has 1 aliphatic carbocycles. The molecule has 3 nitrogen and oxygen atoms in total. The van der Waals surface area contributed by atoms with Gasteiger partial charge in [0.1, 0.15) is 0 Å². The Hall–Kier alpha value is -1.14. The predicted molar refractivity (Wildman–Crippen MR) is 158 cm³/mol. The van der Waals surface area contributed by atoms with Crippen LogP contribution in [0, 0.1) is 5.92 Å². The van der Waals surface area contributed by atoms with Crippen molar-refractivity contribution in [2.75, 3.05) is 12.1 Å². The van der Waals surface area contributed by atoms with Crippen molar-refractivity contribution in [3.8, 4) is 11.5 Å². The summed E-state index contributed by atoms with van der Waals surface area (Å²) < 4.78 is 18.8. The van der Waals surface area contributed by atoms with Crippen LogP contribution in [-0.4, -0.2) is 25.2 Å². The normalized spacial score (nSPS) is 21.8. The van der Waals surface area contributed by atoms with Crippen LogP contribution in [-0.2, 0) is 0 Å². The first kappa shape index (κ1) is 26.5. The Balaban J connectivity index is 1.52. The Morgan fingerprint density at radius 1 is 0.889 bits per heavy atom. The van der Waals surface area contributed by atoms with Gasteiger partial charge in [0.2, 0.25) is 0 Å². The van der Waals surface area contributed by atoms with Gasteiger partial charge in [0.05, 0.1) is 0 Å². The second-order valence-corrected chi connectivity index (χ2v) is 25.2. The molecule has 0 radical (unpaired) electrons. The molecule has 0 unspecified atom stereocenters. The van der Waals surface area contributed by atoms with Gasteiger partial charge in [-0.1, -0.05) is 0 Å². The summed E-state index contributed by atoms with van der Waals surface area (Å²) >= 11 is 1.37. The van der Waals surface area contributed by atoms with Gasteiger partial charge in [-0.15, -0.1) is 0 Å². The molecule has 0 fully saturated rings. The number of unbranched alkanes of at least 4 members (excludes halogenated alkanes) is 3. The molecular weight excluding hydrogens is 617 g/mol. The first-order valence-corrected chi connectivity index (χ1v) is 22.5. The fourth-order valence-corrected chi connectivity index (χ4v) is 23.3. The first-order chi connectivity index (χ1) is 17.6. The van der Waals surface area contributed by atoms with Crippen LogP contribution in [0.2, 0.25) is 13.3 Å². The molecule has 36 heavy (non-hydrogen) atoms. The van der Waals surface area contributed by atoms with E-state index in [9.17, 15) is 0 Å². The number of allylic oxidation sites excluding steroid dienone is 2. The summed E-state index contributed by atoms with van der Waals surface area (Å²) in [5.41, 5.74) is 4.14. The number of anilines is 1. The number of nitrogens with one attached hydrogen (secondary N) is 1. The molecule has 2 aliphatic heterocycles. The van der Waals surface area contributed by atoms with Gasteiger partial charge in [-0.3, -0.25) is 0 Å². The van der Waals surface area contributed by atoms with Gasteiger partial charge in [0.25, 0.3) is 0 Å². The molecule has 0 spiro atoms. The van der Waals surface area contributed by atoms with Gasteiger partial charge >= 0.3 is 232 Å². The van der Waals surface area contributed by atoms with Crippen LogP contribution in [0.5, 0.6) is 11.5 Å². The van der Waals surface area contributed by atoms with Crippen molar-refractivity contribution < 1.29 is 9.47 Å². The quantitative estimate of drug-likeness (QED) is 0.193. The van der Waals surface area contributed by atoms with Crippen LogP contribution in [0.25, 0.3) is 0 Å². The van der Waals surface area contributed by atoms with E-state index in [4.69, 9.17) is 9.47 Å². The third-order valence-corrected chi connectivity index (χ3v) is 25.1. The summed E-state index contributed by atoms with van der Waals surface area (Å²) in [6.07, 6.45) is 14.2. The molecule has 5 rings (SSSR count).